The number of hydrogen-bond acceptors (Lipinski definition) is 0. The Balaban J connectivity index is 2.34. The fourth-order valence-electron chi connectivity index (χ4n) is 2.23. The molecule has 2 heteroatoms. The van der Waals surface area contributed by atoms with E-state index in [4.69, 9.17) is 0 Å². The van der Waals surface area contributed by atoms with E-state index < -0.39 is 0 Å². The zero-order chi connectivity index (χ0) is 11.5. The van der Waals surface area contributed by atoms with Crippen LogP contribution in [0.2, 0.25) is 0 Å². The van der Waals surface area contributed by atoms with E-state index in [9.17, 15) is 0 Å². The molecule has 0 aliphatic carbocycles. The summed E-state index contributed by atoms with van der Waals surface area (Å²) in [4.78, 5) is 0. The van der Waals surface area contributed by atoms with Crippen LogP contribution in [0.3, 0.4) is 0 Å². The highest BCUT2D eigenvalue weighted by Crippen LogP contribution is 2.26. The predicted octanol–water partition coefficient (Wildman–Crippen LogP) is 4.32. The van der Waals surface area contributed by atoms with Gasteiger partial charge in [0.05, 0.1) is 5.52 Å². The first kappa shape index (κ1) is 11.7. The minimum atomic E-state index is 1.21. The zero-order valence-electron chi connectivity index (χ0n) is 10.2. The minimum absolute atomic E-state index is 1.21. The van der Waals surface area contributed by atoms with Crippen LogP contribution < -0.4 is 0 Å². The maximum absolute atomic E-state index is 2.79. The lowest BCUT2D eigenvalue weighted by Gasteiger charge is -2.03. The molecule has 0 N–H and O–H groups in total. The Morgan fingerprint density at radius 1 is 1.25 bits per heavy atom. The molecule has 0 fully saturated rings. The highest BCUT2D eigenvalue weighted by molar-refractivity contribution is 7.15. The summed E-state index contributed by atoms with van der Waals surface area (Å²) >= 11 is 0. The lowest BCUT2D eigenvalue weighted by molar-refractivity contribution is 0.720. The van der Waals surface area contributed by atoms with E-state index >= 15 is 0 Å². The van der Waals surface area contributed by atoms with Crippen molar-refractivity contribution < 1.29 is 0 Å². The Kier molecular flexibility index (Phi) is 3.66. The maximum atomic E-state index is 2.79. The van der Waals surface area contributed by atoms with E-state index in [0.717, 1.165) is 0 Å². The quantitative estimate of drug-likeness (QED) is 0.547. The Hall–Kier alpha value is -0.810. The largest absolute Gasteiger partial charge is 0.329 e. The van der Waals surface area contributed by atoms with Gasteiger partial charge in [0, 0.05) is 11.1 Å². The summed E-state index contributed by atoms with van der Waals surface area (Å²) in [6.45, 7) is 4.41. The van der Waals surface area contributed by atoms with E-state index in [1.54, 1.807) is 0 Å². The molecule has 0 aliphatic heterocycles. The van der Waals surface area contributed by atoms with E-state index in [0.29, 0.717) is 0 Å². The first-order chi connectivity index (χ1) is 7.74. The molecule has 1 aromatic heterocycles. The molecule has 2 aromatic rings. The Labute approximate surface area is 100 Å². The molecule has 16 heavy (non-hydrogen) atoms. The first-order valence-electron chi connectivity index (χ1n) is 6.09. The minimum Gasteiger partial charge on any atom is -0.329 e. The smallest absolute Gasteiger partial charge is 0.0514 e. The second-order valence-electron chi connectivity index (χ2n) is 4.46. The average molecular weight is 233 g/mol. The van der Waals surface area contributed by atoms with Crippen LogP contribution in [0.1, 0.15) is 37.4 Å². The van der Waals surface area contributed by atoms with Crippen molar-refractivity contribution in [3.8, 4) is 0 Å². The van der Waals surface area contributed by atoms with E-state index in [-0.39, 0.29) is 0 Å². The van der Waals surface area contributed by atoms with Gasteiger partial charge in [-0.05, 0) is 46.9 Å². The van der Waals surface area contributed by atoms with Crippen LogP contribution in [0, 0.1) is 6.92 Å². The highest BCUT2D eigenvalue weighted by Gasteiger charge is 2.05. The lowest BCUT2D eigenvalue weighted by atomic mass is 10.0. The molecule has 1 nitrogen and oxygen atoms in total. The third-order valence-electron chi connectivity index (χ3n) is 3.22. The topological polar surface area (TPSA) is 4.93 Å². The fourth-order valence-corrected chi connectivity index (χ4v) is 2.53. The van der Waals surface area contributed by atoms with Crippen molar-refractivity contribution in [3.05, 3.63) is 35.5 Å². The third kappa shape index (κ3) is 2.15. The molecule has 0 aliphatic rings. The number of unbranched alkanes of at least 4 members (excludes halogenated alkanes) is 2. The monoisotopic (exact) mass is 233 g/mol. The van der Waals surface area contributed by atoms with E-state index in [2.05, 4.69) is 51.8 Å². The van der Waals surface area contributed by atoms with E-state index in [1.165, 1.54) is 47.8 Å². The molecular formula is C14H20NP. The third-order valence-corrected chi connectivity index (χ3v) is 3.90. The highest BCUT2D eigenvalue weighted by atomic mass is 31.0. The van der Waals surface area contributed by atoms with Gasteiger partial charge in [-0.15, -0.1) is 0 Å². The number of nitrogens with zero attached hydrogens (tertiary/aromatic N) is 1. The van der Waals surface area contributed by atoms with Gasteiger partial charge < -0.3 is 4.34 Å². The van der Waals surface area contributed by atoms with Crippen LogP contribution in [0.25, 0.3) is 10.9 Å². The maximum Gasteiger partial charge on any atom is 0.0514 e. The second-order valence-corrected chi connectivity index (χ2v) is 4.98. The normalized spacial score (nSPS) is 11.2. The van der Waals surface area contributed by atoms with Crippen molar-refractivity contribution in [3.63, 3.8) is 0 Å². The molecular weight excluding hydrogens is 213 g/mol. The summed E-state index contributed by atoms with van der Waals surface area (Å²) in [6, 6.07) is 8.92. The number of hydrogen-bond donors (Lipinski definition) is 0. The summed E-state index contributed by atoms with van der Waals surface area (Å²) in [5.74, 6) is 0. The molecule has 1 unspecified atom stereocenters. The van der Waals surface area contributed by atoms with Crippen molar-refractivity contribution in [1.29, 1.82) is 0 Å². The Morgan fingerprint density at radius 3 is 2.81 bits per heavy atom. The number of aryl methyl sites for hydroxylation is 2. The van der Waals surface area contributed by atoms with Gasteiger partial charge in [0.1, 0.15) is 0 Å². The molecule has 0 bridgehead atoms. The zero-order valence-corrected chi connectivity index (χ0v) is 11.3. The van der Waals surface area contributed by atoms with Gasteiger partial charge in [0.25, 0.3) is 0 Å². The van der Waals surface area contributed by atoms with Gasteiger partial charge in [-0.3, -0.25) is 0 Å². The Bertz CT molecular complexity index is 485. The van der Waals surface area contributed by atoms with Crippen LogP contribution in [-0.2, 0) is 6.42 Å². The summed E-state index contributed by atoms with van der Waals surface area (Å²) in [6.07, 6.45) is 5.13. The van der Waals surface area contributed by atoms with Crippen molar-refractivity contribution in [1.82, 2.24) is 4.34 Å². The molecule has 1 heterocycles. The number of rotatable bonds is 4. The van der Waals surface area contributed by atoms with Crippen LogP contribution in [-0.4, -0.2) is 4.34 Å². The van der Waals surface area contributed by atoms with Crippen molar-refractivity contribution in [2.75, 3.05) is 0 Å². The van der Waals surface area contributed by atoms with Crippen molar-refractivity contribution in [2.24, 2.45) is 0 Å². The fraction of sp³-hybridized carbons (Fsp3) is 0.429. The molecule has 0 saturated carbocycles. The first-order valence-corrected chi connectivity index (χ1v) is 6.60. The number of benzene rings is 1. The molecule has 0 spiro atoms. The molecule has 0 saturated heterocycles. The summed E-state index contributed by atoms with van der Waals surface area (Å²) < 4.78 is 2.19. The SMILES string of the molecule is CCCCCc1cccc2c1cc(C)n2P. The van der Waals surface area contributed by atoms with Crippen LogP contribution in [0.15, 0.2) is 24.3 Å². The molecule has 0 amide bonds. The summed E-state index contributed by atoms with van der Waals surface area (Å²) in [5, 5.41) is 1.42. The summed E-state index contributed by atoms with van der Waals surface area (Å²) in [7, 11) is 2.79. The number of aromatic nitrogens is 1. The predicted molar refractivity (Wildman–Crippen MR) is 75.0 cm³/mol. The van der Waals surface area contributed by atoms with Crippen LogP contribution in [0.5, 0.6) is 0 Å². The molecule has 1 aromatic carbocycles. The molecule has 86 valence electrons. The van der Waals surface area contributed by atoms with Crippen molar-refractivity contribution >= 4 is 20.3 Å². The molecule has 0 radical (unpaired) electrons. The average Bonchev–Trinajstić information content (AvgIpc) is 2.57. The standard InChI is InChI=1S/C14H20NP/c1-3-4-5-7-12-8-6-9-14-13(12)10-11(2)15(14)16/h6,8-10H,3-5,7,16H2,1-2H3. The molecule has 1 atom stereocenters. The van der Waals surface area contributed by atoms with Gasteiger partial charge in [-0.1, -0.05) is 31.9 Å². The second kappa shape index (κ2) is 5.01. The van der Waals surface area contributed by atoms with Gasteiger partial charge in [0.15, 0.2) is 0 Å². The number of fused-ring (bicyclic) bond motifs is 1. The summed E-state index contributed by atoms with van der Waals surface area (Å²) in [5.41, 5.74) is 4.13. The van der Waals surface area contributed by atoms with Gasteiger partial charge in [-0.2, -0.15) is 0 Å². The molecule has 2 rings (SSSR count). The van der Waals surface area contributed by atoms with Gasteiger partial charge >= 0.3 is 0 Å². The van der Waals surface area contributed by atoms with Gasteiger partial charge in [0.2, 0.25) is 0 Å². The van der Waals surface area contributed by atoms with Crippen LogP contribution >= 0.6 is 9.39 Å². The van der Waals surface area contributed by atoms with Crippen LogP contribution in [0.4, 0.5) is 0 Å². The van der Waals surface area contributed by atoms with Crippen molar-refractivity contribution in [2.45, 2.75) is 39.5 Å². The lowest BCUT2D eigenvalue weighted by Crippen LogP contribution is -1.87. The van der Waals surface area contributed by atoms with Gasteiger partial charge in [-0.25, -0.2) is 0 Å². The van der Waals surface area contributed by atoms with E-state index in [1.807, 2.05) is 0 Å². The Morgan fingerprint density at radius 2 is 2.06 bits per heavy atom.